The minimum absolute atomic E-state index is 0.186. The molecular weight excluding hydrogens is 1430 g/mol. The number of carbonyl (C=O) groups is 9. The lowest BCUT2D eigenvalue weighted by Crippen LogP contribution is -2.43. The highest BCUT2D eigenvalue weighted by Crippen LogP contribution is 2.07. The van der Waals surface area contributed by atoms with Gasteiger partial charge in [-0.25, -0.2) is 0 Å². The Balaban J connectivity index is -0.00000160. The third kappa shape index (κ3) is 63.6. The zero-order chi connectivity index (χ0) is 83.8. The molecule has 111 heavy (non-hydrogen) atoms. The van der Waals surface area contributed by atoms with Crippen LogP contribution in [0, 0.1) is 0 Å². The Morgan fingerprint density at radius 3 is 0.468 bits per heavy atom. The first-order valence-corrected chi connectivity index (χ1v) is 40.8. The third-order valence-electron chi connectivity index (χ3n) is 20.0. The molecule has 0 aromatic carbocycles. The van der Waals surface area contributed by atoms with Crippen LogP contribution in [0.1, 0.15) is 120 Å². The normalized spacial score (nSPS) is 11.6. The molecular formula is C78H159N15O18. The molecule has 0 fully saturated rings. The van der Waals surface area contributed by atoms with Crippen molar-refractivity contribution in [1.82, 2.24) is 69.0 Å². The summed E-state index contributed by atoms with van der Waals surface area (Å²) in [7, 11) is 12.5. The van der Waals surface area contributed by atoms with Crippen molar-refractivity contribution in [3.05, 3.63) is 0 Å². The molecule has 0 aromatic heterocycles. The fourth-order valence-corrected chi connectivity index (χ4v) is 11.7. The lowest BCUT2D eigenvalue weighted by Gasteiger charge is -2.31. The minimum atomic E-state index is -0.259. The number of hydrogen-bond acceptors (Lipinski definition) is 33. The molecule has 0 aliphatic carbocycles. The number of nitrogens with zero attached hydrogens (tertiary/aromatic N) is 13. The predicted octanol–water partition coefficient (Wildman–Crippen LogP) is 1.68. The van der Waals surface area contributed by atoms with Crippen LogP contribution in [0.4, 0.5) is 0 Å². The van der Waals surface area contributed by atoms with E-state index in [0.29, 0.717) is 97.6 Å². The van der Waals surface area contributed by atoms with E-state index in [-0.39, 0.29) is 79.4 Å². The van der Waals surface area contributed by atoms with Gasteiger partial charge in [-0.2, -0.15) is 0 Å². The highest BCUT2D eigenvalue weighted by atomic mass is 16.5. The first kappa shape index (κ1) is 110. The molecule has 0 unspecified atom stereocenters. The summed E-state index contributed by atoms with van der Waals surface area (Å²) >= 11 is 0. The number of esters is 9. The lowest BCUT2D eigenvalue weighted by molar-refractivity contribution is -0.142. The maximum Gasteiger partial charge on any atom is 0.306 e. The van der Waals surface area contributed by atoms with E-state index in [1.807, 2.05) is 0 Å². The summed E-state index contributed by atoms with van der Waals surface area (Å²) in [5.41, 5.74) is 5.69. The Morgan fingerprint density at radius 1 is 0.189 bits per heavy atom. The van der Waals surface area contributed by atoms with Crippen LogP contribution in [-0.2, 0) is 85.8 Å². The van der Waals surface area contributed by atoms with E-state index in [9.17, 15) is 43.2 Å². The quantitative estimate of drug-likeness (QED) is 0.0497. The second-order valence-electron chi connectivity index (χ2n) is 26.7. The summed E-state index contributed by atoms with van der Waals surface area (Å²) in [5, 5.41) is 3.31. The molecule has 0 bridgehead atoms. The molecule has 0 atom stereocenters. The summed E-state index contributed by atoms with van der Waals surface area (Å²) in [6.45, 7) is 55.1. The molecule has 0 aliphatic heterocycles. The van der Waals surface area contributed by atoms with Crippen molar-refractivity contribution in [2.75, 3.05) is 339 Å². The first-order chi connectivity index (χ1) is 53.4. The van der Waals surface area contributed by atoms with Crippen LogP contribution in [0.5, 0.6) is 0 Å². The number of nitrogens with one attached hydrogen (secondary N) is 1. The molecule has 33 heteroatoms. The van der Waals surface area contributed by atoms with E-state index in [4.69, 9.17) is 43.6 Å². The second-order valence-corrected chi connectivity index (χ2v) is 26.7. The van der Waals surface area contributed by atoms with E-state index in [1.54, 1.807) is 0 Å². The van der Waals surface area contributed by atoms with Crippen molar-refractivity contribution in [3.63, 3.8) is 0 Å². The van der Waals surface area contributed by atoms with Crippen LogP contribution >= 0.6 is 0 Å². The smallest absolute Gasteiger partial charge is 0.306 e. The molecule has 33 nitrogen and oxygen atoms in total. The van der Waals surface area contributed by atoms with Crippen LogP contribution in [0.15, 0.2) is 0 Å². The number of likely N-dealkylation sites (N-methyl/N-ethyl adjacent to an activating group) is 9. The lowest BCUT2D eigenvalue weighted by atomic mass is 10.3. The van der Waals surface area contributed by atoms with Gasteiger partial charge in [0.1, 0.15) is 0 Å². The van der Waals surface area contributed by atoms with Gasteiger partial charge in [0.25, 0.3) is 0 Å². The molecule has 0 heterocycles. The number of nitrogens with two attached hydrogens (primary N) is 1. The van der Waals surface area contributed by atoms with Crippen LogP contribution in [-0.4, -0.2) is 456 Å². The van der Waals surface area contributed by atoms with Gasteiger partial charge in [-0.15, -0.1) is 0 Å². The summed E-state index contributed by atoms with van der Waals surface area (Å²) in [6.07, 6.45) is 2.81. The largest absolute Gasteiger partial charge is 0.469 e. The zero-order valence-corrected chi connectivity index (χ0v) is 72.8. The first-order valence-electron chi connectivity index (χ1n) is 40.8. The van der Waals surface area contributed by atoms with Gasteiger partial charge in [0.15, 0.2) is 0 Å². The van der Waals surface area contributed by atoms with E-state index in [2.05, 4.69) is 136 Å². The van der Waals surface area contributed by atoms with Gasteiger partial charge in [0, 0.05) is 216 Å². The number of ether oxygens (including phenoxy) is 9. The van der Waals surface area contributed by atoms with Gasteiger partial charge in [-0.05, 0) is 58.9 Å². The van der Waals surface area contributed by atoms with E-state index in [0.717, 1.165) is 209 Å². The predicted molar refractivity (Wildman–Crippen MR) is 436 cm³/mol. The Bertz CT molecular complexity index is 2190. The van der Waals surface area contributed by atoms with Crippen molar-refractivity contribution in [2.45, 2.75) is 120 Å². The topological polar surface area (TPSA) is 317 Å². The molecule has 0 saturated carbocycles. The molecule has 0 spiro atoms. The monoisotopic (exact) mass is 1590 g/mol. The summed E-state index contributed by atoms with van der Waals surface area (Å²) < 4.78 is 42.8. The van der Waals surface area contributed by atoms with Crippen molar-refractivity contribution in [1.29, 1.82) is 0 Å². The maximum absolute atomic E-state index is 11.7. The standard InChI is InChI=1S/C30H59N5O8.C26H53N5O6.C22H47N5O4/c1-8-31(19-21-32(9-2)23-25-34(15-11-27(36)40-4)16-12-28(37)41-5)20-22-33(10-3)24-26-35(17-13-29(38)42-6)18-14-30(39)43-7;1-7-28(17-14-27-13-10-24(32)35-4)18-19-29(8-2)20-21-30(9-3)22-23-31(15-11-25(33)36-5)16-12-26(34)37-6;1-6-24(14-11-23)15-16-25(7-2)17-18-26(8-3)19-20-27(12-9-21(28)30-4)13-10-22(29)31-5/h8-26H2,1-7H3;27H,7-23H2,1-6H3;6-20,23H2,1-5H3. The fraction of sp³-hybridized carbons (Fsp3) is 0.885. The van der Waals surface area contributed by atoms with Gasteiger partial charge in [0.05, 0.1) is 122 Å². The number of rotatable bonds is 71. The Kier molecular flexibility index (Phi) is 75.1. The second kappa shape index (κ2) is 76.0. The van der Waals surface area contributed by atoms with Crippen LogP contribution in [0.25, 0.3) is 0 Å². The van der Waals surface area contributed by atoms with Crippen molar-refractivity contribution in [2.24, 2.45) is 5.73 Å². The Hall–Kier alpha value is -5.37. The third-order valence-corrected chi connectivity index (χ3v) is 20.0. The van der Waals surface area contributed by atoms with Crippen molar-refractivity contribution >= 4 is 53.7 Å². The molecule has 0 aromatic rings. The molecule has 0 rings (SSSR count). The Labute approximate surface area is 670 Å². The molecule has 0 saturated heterocycles. The van der Waals surface area contributed by atoms with Crippen molar-refractivity contribution < 1.29 is 85.8 Å². The van der Waals surface area contributed by atoms with E-state index < -0.39 is 0 Å². The molecule has 0 amide bonds. The highest BCUT2D eigenvalue weighted by molar-refractivity contribution is 5.72. The summed E-state index contributed by atoms with van der Waals surface area (Å²) in [4.78, 5) is 134. The number of methoxy groups -OCH3 is 9. The van der Waals surface area contributed by atoms with Crippen molar-refractivity contribution in [3.8, 4) is 0 Å². The average Bonchev–Trinajstić information content (AvgIpc) is 0.948. The molecule has 0 radical (unpaired) electrons. The SMILES string of the molecule is CCN(CCN(CC)CCN(CCC(=O)OC)CCC(=O)OC)CCN(CC)CCN(CCC(=O)OC)CCC(=O)OC.CCN(CCN)CCN(CC)CCN(CC)CCN(CCC(=O)OC)CCC(=O)OC.CCN(CCNCCC(=O)OC)CCN(CC)CCN(CC)CCN(CCC(=O)OC)CCC(=O)OC. The Morgan fingerprint density at radius 2 is 0.324 bits per heavy atom. The highest BCUT2D eigenvalue weighted by Gasteiger charge is 2.20. The molecule has 0 aliphatic rings. The van der Waals surface area contributed by atoms with Crippen LogP contribution in [0.2, 0.25) is 0 Å². The molecule has 654 valence electrons. The van der Waals surface area contributed by atoms with Gasteiger partial charge >= 0.3 is 53.7 Å². The van der Waals surface area contributed by atoms with Gasteiger partial charge in [-0.1, -0.05) is 62.3 Å². The van der Waals surface area contributed by atoms with Gasteiger partial charge in [-0.3, -0.25) is 43.2 Å². The minimum Gasteiger partial charge on any atom is -0.469 e. The van der Waals surface area contributed by atoms with Gasteiger partial charge in [0.2, 0.25) is 0 Å². The number of hydrogen-bond donors (Lipinski definition) is 2. The summed E-state index contributed by atoms with van der Waals surface area (Å²) in [5.74, 6) is -2.17. The molecule has 3 N–H and O–H groups in total. The van der Waals surface area contributed by atoms with Crippen LogP contribution in [0.3, 0.4) is 0 Å². The summed E-state index contributed by atoms with van der Waals surface area (Å²) in [6, 6.07) is 0. The maximum atomic E-state index is 11.7. The van der Waals surface area contributed by atoms with Gasteiger partial charge < -0.3 is 117 Å². The van der Waals surface area contributed by atoms with Crippen LogP contribution < -0.4 is 11.1 Å². The zero-order valence-electron chi connectivity index (χ0n) is 72.8. The number of carbonyl (C=O) groups excluding carboxylic acids is 9. The van der Waals surface area contributed by atoms with E-state index >= 15 is 0 Å². The average molecular weight is 1600 g/mol. The van der Waals surface area contributed by atoms with E-state index in [1.165, 1.54) is 64.0 Å². The fourth-order valence-electron chi connectivity index (χ4n) is 11.7.